The summed E-state index contributed by atoms with van der Waals surface area (Å²) in [5.41, 5.74) is 3.70. The maximum Gasteiger partial charge on any atom is 0.123 e. The molecule has 0 bridgehead atoms. The average molecular weight is 395 g/mol. The van der Waals surface area contributed by atoms with Gasteiger partial charge in [-0.3, -0.25) is 0 Å². The van der Waals surface area contributed by atoms with Gasteiger partial charge >= 0.3 is 0 Å². The Kier molecular flexibility index (Phi) is 7.02. The lowest BCUT2D eigenvalue weighted by Gasteiger charge is -2.13. The third-order valence-electron chi connectivity index (χ3n) is 4.31. The van der Waals surface area contributed by atoms with Crippen molar-refractivity contribution in [2.24, 2.45) is 0 Å². The van der Waals surface area contributed by atoms with E-state index in [-0.39, 0.29) is 5.82 Å². The first kappa shape index (κ1) is 19.9. The summed E-state index contributed by atoms with van der Waals surface area (Å²) in [5, 5.41) is 12.9. The average Bonchev–Trinajstić information content (AvgIpc) is 2.72. The van der Waals surface area contributed by atoms with E-state index in [2.05, 4.69) is 11.4 Å². The van der Waals surface area contributed by atoms with Crippen LogP contribution >= 0.6 is 11.6 Å². The molecule has 0 saturated heterocycles. The summed E-state index contributed by atoms with van der Waals surface area (Å²) in [6.45, 7) is 1.85. The molecule has 0 aliphatic carbocycles. The Bertz CT molecular complexity index is 950. The van der Waals surface area contributed by atoms with E-state index in [1.54, 1.807) is 18.2 Å². The topological polar surface area (TPSA) is 45.0 Å². The minimum atomic E-state index is -0.260. The molecule has 1 N–H and O–H groups in total. The van der Waals surface area contributed by atoms with Gasteiger partial charge in [-0.05, 0) is 72.1 Å². The number of rotatable bonds is 8. The largest absolute Gasteiger partial charge is 0.489 e. The standard InChI is InChI=1S/C23H20ClFN2O/c24-21-7-10-23(28-16-19-5-8-22(25)9-6-19)20(13-21)11-12-27-15-18-3-1-17(14-26)2-4-18/h1-10,13,27H,11-12,15-16H2. The molecule has 0 aromatic heterocycles. The predicted octanol–water partition coefficient (Wildman–Crippen LogP) is 5.26. The van der Waals surface area contributed by atoms with Gasteiger partial charge in [0.25, 0.3) is 0 Å². The molecule has 3 nitrogen and oxygen atoms in total. The van der Waals surface area contributed by atoms with Crippen molar-refractivity contribution in [1.82, 2.24) is 5.32 Å². The second-order valence-corrected chi connectivity index (χ2v) is 6.84. The van der Waals surface area contributed by atoms with Crippen LogP contribution in [0.15, 0.2) is 66.7 Å². The van der Waals surface area contributed by atoms with Crippen molar-refractivity contribution in [3.63, 3.8) is 0 Å². The van der Waals surface area contributed by atoms with Gasteiger partial charge in [0, 0.05) is 11.6 Å². The molecule has 0 aliphatic heterocycles. The molecule has 0 spiro atoms. The summed E-state index contributed by atoms with van der Waals surface area (Å²) in [6, 6.07) is 21.5. The van der Waals surface area contributed by atoms with Gasteiger partial charge in [-0.25, -0.2) is 4.39 Å². The van der Waals surface area contributed by atoms with Crippen LogP contribution in [0.25, 0.3) is 0 Å². The molecule has 28 heavy (non-hydrogen) atoms. The van der Waals surface area contributed by atoms with Gasteiger partial charge in [-0.1, -0.05) is 35.9 Å². The molecule has 3 aromatic rings. The minimum Gasteiger partial charge on any atom is -0.489 e. The molecule has 0 saturated carbocycles. The highest BCUT2D eigenvalue weighted by Crippen LogP contribution is 2.24. The van der Waals surface area contributed by atoms with E-state index in [1.165, 1.54) is 12.1 Å². The molecule has 0 fully saturated rings. The third-order valence-corrected chi connectivity index (χ3v) is 4.55. The van der Waals surface area contributed by atoms with Crippen LogP contribution in [0.1, 0.15) is 22.3 Å². The second-order valence-electron chi connectivity index (χ2n) is 6.40. The van der Waals surface area contributed by atoms with Crippen LogP contribution in [0, 0.1) is 17.1 Å². The third kappa shape index (κ3) is 5.82. The lowest BCUT2D eigenvalue weighted by atomic mass is 10.1. The van der Waals surface area contributed by atoms with Crippen LogP contribution in [0.3, 0.4) is 0 Å². The van der Waals surface area contributed by atoms with Crippen molar-refractivity contribution in [2.75, 3.05) is 6.54 Å². The molecule has 0 atom stereocenters. The zero-order chi connectivity index (χ0) is 19.8. The molecule has 3 rings (SSSR count). The Morgan fingerprint density at radius 3 is 2.39 bits per heavy atom. The van der Waals surface area contributed by atoms with Crippen molar-refractivity contribution in [1.29, 1.82) is 5.26 Å². The monoisotopic (exact) mass is 394 g/mol. The zero-order valence-electron chi connectivity index (χ0n) is 15.3. The quantitative estimate of drug-likeness (QED) is 0.530. The summed E-state index contributed by atoms with van der Waals surface area (Å²) >= 11 is 6.14. The Hall–Kier alpha value is -2.87. The van der Waals surface area contributed by atoms with E-state index < -0.39 is 0 Å². The number of nitrogens with zero attached hydrogens (tertiary/aromatic N) is 1. The molecular weight excluding hydrogens is 375 g/mol. The maximum atomic E-state index is 13.0. The highest BCUT2D eigenvalue weighted by molar-refractivity contribution is 6.30. The minimum absolute atomic E-state index is 0.260. The molecule has 0 heterocycles. The molecule has 0 unspecified atom stereocenters. The first-order valence-electron chi connectivity index (χ1n) is 8.99. The van der Waals surface area contributed by atoms with Crippen molar-refractivity contribution in [2.45, 2.75) is 19.6 Å². The Morgan fingerprint density at radius 2 is 1.68 bits per heavy atom. The predicted molar refractivity (Wildman–Crippen MR) is 109 cm³/mol. The fraction of sp³-hybridized carbons (Fsp3) is 0.174. The molecule has 142 valence electrons. The van der Waals surface area contributed by atoms with Gasteiger partial charge in [-0.15, -0.1) is 0 Å². The maximum absolute atomic E-state index is 13.0. The summed E-state index contributed by atoms with van der Waals surface area (Å²) < 4.78 is 18.9. The number of halogens is 2. The highest BCUT2D eigenvalue weighted by Gasteiger charge is 2.06. The van der Waals surface area contributed by atoms with Crippen LogP contribution in [0.5, 0.6) is 5.75 Å². The number of nitriles is 1. The molecular formula is C23H20ClFN2O. The van der Waals surface area contributed by atoms with E-state index in [9.17, 15) is 4.39 Å². The number of ether oxygens (including phenoxy) is 1. The Balaban J connectivity index is 1.54. The summed E-state index contributed by atoms with van der Waals surface area (Å²) in [7, 11) is 0. The van der Waals surface area contributed by atoms with Crippen molar-refractivity contribution >= 4 is 11.6 Å². The number of hydrogen-bond acceptors (Lipinski definition) is 3. The summed E-state index contributed by atoms with van der Waals surface area (Å²) in [5.74, 6) is 0.512. The molecule has 5 heteroatoms. The summed E-state index contributed by atoms with van der Waals surface area (Å²) in [4.78, 5) is 0. The zero-order valence-corrected chi connectivity index (χ0v) is 16.0. The number of nitrogens with one attached hydrogen (secondary N) is 1. The van der Waals surface area contributed by atoms with Gasteiger partial charge in [0.05, 0.1) is 11.6 Å². The van der Waals surface area contributed by atoms with Crippen LogP contribution < -0.4 is 10.1 Å². The normalized spacial score (nSPS) is 10.5. The lowest BCUT2D eigenvalue weighted by molar-refractivity contribution is 0.302. The Labute approximate surface area is 169 Å². The van der Waals surface area contributed by atoms with E-state index in [0.717, 1.165) is 42.0 Å². The van der Waals surface area contributed by atoms with Crippen molar-refractivity contribution in [3.05, 3.63) is 99.8 Å². The smallest absolute Gasteiger partial charge is 0.123 e. The highest BCUT2D eigenvalue weighted by atomic mass is 35.5. The van der Waals surface area contributed by atoms with Gasteiger partial charge < -0.3 is 10.1 Å². The number of benzene rings is 3. The fourth-order valence-electron chi connectivity index (χ4n) is 2.78. The van der Waals surface area contributed by atoms with Crippen molar-refractivity contribution in [3.8, 4) is 11.8 Å². The van der Waals surface area contributed by atoms with Gasteiger partial charge in [0.15, 0.2) is 0 Å². The lowest BCUT2D eigenvalue weighted by Crippen LogP contribution is -2.17. The second kappa shape index (κ2) is 9.89. The molecule has 3 aromatic carbocycles. The molecule has 0 radical (unpaired) electrons. The van der Waals surface area contributed by atoms with E-state index in [4.69, 9.17) is 21.6 Å². The SMILES string of the molecule is N#Cc1ccc(CNCCc2cc(Cl)ccc2OCc2ccc(F)cc2)cc1. The van der Waals surface area contributed by atoms with E-state index >= 15 is 0 Å². The Morgan fingerprint density at radius 1 is 0.964 bits per heavy atom. The van der Waals surface area contributed by atoms with Gasteiger partial charge in [-0.2, -0.15) is 5.26 Å². The van der Waals surface area contributed by atoms with Crippen LogP contribution in [-0.4, -0.2) is 6.54 Å². The first-order valence-corrected chi connectivity index (χ1v) is 9.37. The van der Waals surface area contributed by atoms with E-state index in [0.29, 0.717) is 17.2 Å². The molecule has 0 amide bonds. The van der Waals surface area contributed by atoms with Crippen LogP contribution in [0.4, 0.5) is 4.39 Å². The van der Waals surface area contributed by atoms with Gasteiger partial charge in [0.1, 0.15) is 18.2 Å². The van der Waals surface area contributed by atoms with Crippen LogP contribution in [0.2, 0.25) is 5.02 Å². The fourth-order valence-corrected chi connectivity index (χ4v) is 2.97. The first-order chi connectivity index (χ1) is 13.6. The van der Waals surface area contributed by atoms with Crippen LogP contribution in [-0.2, 0) is 19.6 Å². The molecule has 0 aliphatic rings. The van der Waals surface area contributed by atoms with Gasteiger partial charge in [0.2, 0.25) is 0 Å². The number of hydrogen-bond donors (Lipinski definition) is 1. The van der Waals surface area contributed by atoms with E-state index in [1.807, 2.05) is 36.4 Å². The van der Waals surface area contributed by atoms with Crippen molar-refractivity contribution < 1.29 is 9.13 Å². The summed E-state index contributed by atoms with van der Waals surface area (Å²) in [6.07, 6.45) is 0.760.